The first kappa shape index (κ1) is 18.2. The molecular formula is C14H27N3O3S. The zero-order valence-electron chi connectivity index (χ0n) is 13.1. The number of nitrogens with one attached hydrogen (secondary N) is 3. The Bertz CT molecular complexity index is 497. The van der Waals surface area contributed by atoms with E-state index in [0.29, 0.717) is 25.8 Å². The van der Waals surface area contributed by atoms with Crippen molar-refractivity contribution in [1.29, 1.82) is 0 Å². The summed E-state index contributed by atoms with van der Waals surface area (Å²) in [5.41, 5.74) is 0.850. The van der Waals surface area contributed by atoms with Crippen LogP contribution in [0.1, 0.15) is 39.3 Å². The fourth-order valence-corrected chi connectivity index (χ4v) is 2.70. The van der Waals surface area contributed by atoms with E-state index >= 15 is 0 Å². The third-order valence-electron chi connectivity index (χ3n) is 2.91. The molecule has 0 aliphatic rings. The van der Waals surface area contributed by atoms with Crippen molar-refractivity contribution in [2.75, 3.05) is 19.8 Å². The zero-order valence-corrected chi connectivity index (χ0v) is 13.9. The van der Waals surface area contributed by atoms with Crippen LogP contribution in [0.2, 0.25) is 0 Å². The Hall–Kier alpha value is -0.890. The standard InChI is InChI=1S/C14H27N3O3S/c1-4-5-7-20-8-6-17-21(18,19)14-9-13(16-11-14)10-15-12(2)3/h9,11-12,15-17H,4-8,10H2,1-3H3. The average molecular weight is 317 g/mol. The summed E-state index contributed by atoms with van der Waals surface area (Å²) < 4.78 is 32.0. The van der Waals surface area contributed by atoms with Gasteiger partial charge in [0.1, 0.15) is 0 Å². The van der Waals surface area contributed by atoms with Gasteiger partial charge in [-0.05, 0) is 12.5 Å². The van der Waals surface area contributed by atoms with Crippen molar-refractivity contribution < 1.29 is 13.2 Å². The molecule has 1 heterocycles. The number of aromatic amines is 1. The molecule has 0 aliphatic heterocycles. The lowest BCUT2D eigenvalue weighted by Gasteiger charge is -2.06. The van der Waals surface area contributed by atoms with E-state index in [0.717, 1.165) is 18.5 Å². The van der Waals surface area contributed by atoms with Crippen molar-refractivity contribution in [2.45, 2.75) is 51.1 Å². The molecule has 1 rings (SSSR count). The SMILES string of the molecule is CCCCOCCNS(=O)(=O)c1c[nH]c(CNC(C)C)c1. The minimum Gasteiger partial charge on any atom is -0.380 e. The summed E-state index contributed by atoms with van der Waals surface area (Å²) in [7, 11) is -3.46. The van der Waals surface area contributed by atoms with Gasteiger partial charge in [0.15, 0.2) is 0 Å². The lowest BCUT2D eigenvalue weighted by Crippen LogP contribution is -2.27. The van der Waals surface area contributed by atoms with Crippen molar-refractivity contribution in [3.63, 3.8) is 0 Å². The highest BCUT2D eigenvalue weighted by atomic mass is 32.2. The van der Waals surface area contributed by atoms with Crippen molar-refractivity contribution in [1.82, 2.24) is 15.0 Å². The monoisotopic (exact) mass is 317 g/mol. The summed E-state index contributed by atoms with van der Waals surface area (Å²) in [6.45, 7) is 8.15. The molecule has 0 saturated heterocycles. The van der Waals surface area contributed by atoms with E-state index in [1.54, 1.807) is 6.07 Å². The molecule has 0 saturated carbocycles. The molecule has 1 aromatic heterocycles. The lowest BCUT2D eigenvalue weighted by atomic mass is 10.3. The van der Waals surface area contributed by atoms with Gasteiger partial charge in [0.2, 0.25) is 10.0 Å². The van der Waals surface area contributed by atoms with Crippen molar-refractivity contribution in [2.24, 2.45) is 0 Å². The highest BCUT2D eigenvalue weighted by molar-refractivity contribution is 7.89. The molecule has 0 aromatic carbocycles. The van der Waals surface area contributed by atoms with E-state index in [2.05, 4.69) is 21.9 Å². The maximum absolute atomic E-state index is 12.1. The third kappa shape index (κ3) is 7.08. The first-order chi connectivity index (χ1) is 9.95. The van der Waals surface area contributed by atoms with Gasteiger partial charge in [0, 0.05) is 37.6 Å². The third-order valence-corrected chi connectivity index (χ3v) is 4.35. The van der Waals surface area contributed by atoms with Crippen molar-refractivity contribution in [3.8, 4) is 0 Å². The fraction of sp³-hybridized carbons (Fsp3) is 0.714. The highest BCUT2D eigenvalue weighted by Gasteiger charge is 2.15. The number of aromatic nitrogens is 1. The van der Waals surface area contributed by atoms with Crippen molar-refractivity contribution >= 4 is 10.0 Å². The topological polar surface area (TPSA) is 83.2 Å². The van der Waals surface area contributed by atoms with Crippen LogP contribution in [0.5, 0.6) is 0 Å². The largest absolute Gasteiger partial charge is 0.380 e. The molecule has 21 heavy (non-hydrogen) atoms. The average Bonchev–Trinajstić information content (AvgIpc) is 2.90. The van der Waals surface area contributed by atoms with Crippen LogP contribution in [0.15, 0.2) is 17.2 Å². The number of rotatable bonds is 11. The zero-order chi connectivity index (χ0) is 15.7. The molecule has 0 unspecified atom stereocenters. The molecule has 0 spiro atoms. The summed E-state index contributed by atoms with van der Waals surface area (Å²) in [5, 5.41) is 3.23. The number of hydrogen-bond donors (Lipinski definition) is 3. The molecule has 0 atom stereocenters. The molecule has 6 nitrogen and oxygen atoms in total. The van der Waals surface area contributed by atoms with Gasteiger partial charge in [-0.2, -0.15) is 0 Å². The lowest BCUT2D eigenvalue weighted by molar-refractivity contribution is 0.136. The highest BCUT2D eigenvalue weighted by Crippen LogP contribution is 2.10. The second kappa shape index (κ2) is 9.19. The first-order valence-corrected chi connectivity index (χ1v) is 8.92. The molecule has 0 bridgehead atoms. The summed E-state index contributed by atoms with van der Waals surface area (Å²) >= 11 is 0. The Morgan fingerprint density at radius 3 is 2.76 bits per heavy atom. The van der Waals surface area contributed by atoms with Crippen LogP contribution in [0.4, 0.5) is 0 Å². The number of H-pyrrole nitrogens is 1. The fourth-order valence-electron chi connectivity index (χ4n) is 1.67. The minimum absolute atomic E-state index is 0.261. The molecule has 7 heteroatoms. The van der Waals surface area contributed by atoms with E-state index in [4.69, 9.17) is 4.74 Å². The van der Waals surface area contributed by atoms with E-state index in [1.165, 1.54) is 6.20 Å². The van der Waals surface area contributed by atoms with Crippen LogP contribution in [0.25, 0.3) is 0 Å². The van der Waals surface area contributed by atoms with Gasteiger partial charge < -0.3 is 15.0 Å². The van der Waals surface area contributed by atoms with Crippen LogP contribution in [-0.2, 0) is 21.3 Å². The summed E-state index contributed by atoms with van der Waals surface area (Å²) in [6.07, 6.45) is 3.58. The molecule has 3 N–H and O–H groups in total. The Labute approximate surface area is 127 Å². The maximum Gasteiger partial charge on any atom is 0.242 e. The van der Waals surface area contributed by atoms with E-state index in [1.807, 2.05) is 13.8 Å². The summed E-state index contributed by atoms with van der Waals surface area (Å²) in [4.78, 5) is 3.23. The van der Waals surface area contributed by atoms with Gasteiger partial charge >= 0.3 is 0 Å². The van der Waals surface area contributed by atoms with Gasteiger partial charge in [0.05, 0.1) is 11.5 Å². The quantitative estimate of drug-likeness (QED) is 0.541. The maximum atomic E-state index is 12.1. The predicted molar refractivity (Wildman–Crippen MR) is 83.7 cm³/mol. The normalized spacial score (nSPS) is 12.2. The van der Waals surface area contributed by atoms with E-state index in [9.17, 15) is 8.42 Å². The molecule has 0 radical (unpaired) electrons. The van der Waals surface area contributed by atoms with Crippen LogP contribution in [0, 0.1) is 0 Å². The van der Waals surface area contributed by atoms with Crippen LogP contribution in [-0.4, -0.2) is 39.2 Å². The van der Waals surface area contributed by atoms with Crippen LogP contribution in [0.3, 0.4) is 0 Å². The Morgan fingerprint density at radius 1 is 1.33 bits per heavy atom. The van der Waals surface area contributed by atoms with Gasteiger partial charge in [-0.25, -0.2) is 13.1 Å². The first-order valence-electron chi connectivity index (χ1n) is 7.43. The second-order valence-electron chi connectivity index (χ2n) is 5.26. The smallest absolute Gasteiger partial charge is 0.242 e. The predicted octanol–water partition coefficient (Wildman–Crippen LogP) is 1.61. The summed E-state index contributed by atoms with van der Waals surface area (Å²) in [6, 6.07) is 2.00. The number of sulfonamides is 1. The van der Waals surface area contributed by atoms with Crippen molar-refractivity contribution in [3.05, 3.63) is 18.0 Å². The van der Waals surface area contributed by atoms with Gasteiger partial charge in [-0.3, -0.25) is 0 Å². The van der Waals surface area contributed by atoms with Gasteiger partial charge in [-0.15, -0.1) is 0 Å². The number of hydrogen-bond acceptors (Lipinski definition) is 4. The molecule has 0 amide bonds. The summed E-state index contributed by atoms with van der Waals surface area (Å²) in [5.74, 6) is 0. The second-order valence-corrected chi connectivity index (χ2v) is 7.03. The number of unbranched alkanes of at least 4 members (excludes halogenated alkanes) is 1. The Balaban J connectivity index is 2.40. The molecular weight excluding hydrogens is 290 g/mol. The Morgan fingerprint density at radius 2 is 2.10 bits per heavy atom. The van der Waals surface area contributed by atoms with Crippen LogP contribution >= 0.6 is 0 Å². The number of ether oxygens (including phenoxy) is 1. The molecule has 0 fully saturated rings. The molecule has 0 aliphatic carbocycles. The van der Waals surface area contributed by atoms with Gasteiger partial charge in [0.25, 0.3) is 0 Å². The van der Waals surface area contributed by atoms with E-state index < -0.39 is 10.0 Å². The molecule has 122 valence electrons. The van der Waals surface area contributed by atoms with E-state index in [-0.39, 0.29) is 11.4 Å². The van der Waals surface area contributed by atoms with Gasteiger partial charge in [-0.1, -0.05) is 27.2 Å². The van der Waals surface area contributed by atoms with Crippen LogP contribution < -0.4 is 10.0 Å². The minimum atomic E-state index is -3.46. The molecule has 1 aromatic rings. The Kier molecular flexibility index (Phi) is 7.95.